The molecule has 1 rings (SSSR count). The molecular weight excluding hydrogens is 352 g/mol. The van der Waals surface area contributed by atoms with Crippen LogP contribution < -0.4 is 0 Å². The number of ether oxygens (including phenoxy) is 2. The molecule has 0 saturated carbocycles. The van der Waals surface area contributed by atoms with Crippen molar-refractivity contribution in [2.45, 2.75) is 55.1 Å². The fourth-order valence-electron chi connectivity index (χ4n) is 2.08. The third-order valence-corrected chi connectivity index (χ3v) is 3.49. The molecule has 144 valence electrons. The van der Waals surface area contributed by atoms with E-state index in [1.807, 2.05) is 0 Å². The molecule has 0 spiro atoms. The number of carbonyl (C=O) groups excluding carboxylic acids is 1. The van der Waals surface area contributed by atoms with E-state index in [0.29, 0.717) is 0 Å². The van der Waals surface area contributed by atoms with Crippen LogP contribution >= 0.6 is 0 Å². The lowest BCUT2D eigenvalue weighted by atomic mass is 9.98. The molecule has 0 unspecified atom stereocenters. The topological polar surface area (TPSA) is 232 Å². The van der Waals surface area contributed by atoms with Gasteiger partial charge in [-0.15, -0.1) is 0 Å². The molecule has 0 aliphatic carbocycles. The standard InChI is InChI=1S/C12H18O13/c13-1-2(14)3(15)8(7(19)10(20)21)24-12-6(18)4(16)5(17)9(25-12)11(22)23/h1-9,12,14-19H,(H,20,21)(H,22,23)/t2-,3+,4-,5-,6+,7-,8-,9-,12+/m1/s1. The molecule has 0 aromatic carbocycles. The largest absolute Gasteiger partial charge is 0.479 e. The van der Waals surface area contributed by atoms with Crippen molar-refractivity contribution in [3.8, 4) is 0 Å². The summed E-state index contributed by atoms with van der Waals surface area (Å²) in [5.41, 5.74) is 0. The van der Waals surface area contributed by atoms with Crippen molar-refractivity contribution in [1.29, 1.82) is 0 Å². The summed E-state index contributed by atoms with van der Waals surface area (Å²) in [6, 6.07) is 0. The fourth-order valence-corrected chi connectivity index (χ4v) is 2.08. The van der Waals surface area contributed by atoms with Gasteiger partial charge in [0.1, 0.15) is 36.6 Å². The molecular formula is C12H18O13. The molecule has 0 amide bonds. The summed E-state index contributed by atoms with van der Waals surface area (Å²) in [6.07, 6.45) is -19.9. The first-order chi connectivity index (χ1) is 11.5. The molecule has 1 fully saturated rings. The van der Waals surface area contributed by atoms with Crippen LogP contribution in [-0.2, 0) is 23.9 Å². The van der Waals surface area contributed by atoms with Crippen LogP contribution in [0.1, 0.15) is 0 Å². The maximum Gasteiger partial charge on any atom is 0.335 e. The summed E-state index contributed by atoms with van der Waals surface area (Å²) in [6.45, 7) is 0. The second kappa shape index (κ2) is 8.59. The van der Waals surface area contributed by atoms with Crippen molar-refractivity contribution >= 4 is 18.2 Å². The number of carbonyl (C=O) groups is 3. The van der Waals surface area contributed by atoms with Gasteiger partial charge in [-0.3, -0.25) is 0 Å². The van der Waals surface area contributed by atoms with Gasteiger partial charge in [-0.1, -0.05) is 0 Å². The fraction of sp³-hybridized carbons (Fsp3) is 0.750. The average Bonchev–Trinajstić information content (AvgIpc) is 2.56. The van der Waals surface area contributed by atoms with Gasteiger partial charge in [0.2, 0.25) is 0 Å². The Balaban J connectivity index is 3.06. The Labute approximate surface area is 139 Å². The van der Waals surface area contributed by atoms with E-state index in [2.05, 4.69) is 0 Å². The van der Waals surface area contributed by atoms with Crippen LogP contribution in [0.15, 0.2) is 0 Å². The number of aldehydes is 1. The highest BCUT2D eigenvalue weighted by Gasteiger charge is 2.50. The molecule has 25 heavy (non-hydrogen) atoms. The van der Waals surface area contributed by atoms with E-state index < -0.39 is 67.1 Å². The number of rotatable bonds is 8. The number of aliphatic hydroxyl groups excluding tert-OH is 6. The molecule has 0 bridgehead atoms. The highest BCUT2D eigenvalue weighted by atomic mass is 16.7. The van der Waals surface area contributed by atoms with Crippen molar-refractivity contribution in [2.24, 2.45) is 0 Å². The normalized spacial score (nSPS) is 34.6. The van der Waals surface area contributed by atoms with Crippen LogP contribution in [0.2, 0.25) is 0 Å². The lowest BCUT2D eigenvalue weighted by Gasteiger charge is -2.40. The first-order valence-electron chi connectivity index (χ1n) is 6.83. The molecule has 0 aromatic heterocycles. The number of carboxylic acids is 2. The van der Waals surface area contributed by atoms with E-state index in [4.69, 9.17) is 19.7 Å². The molecule has 13 heteroatoms. The van der Waals surface area contributed by atoms with Gasteiger partial charge in [0.25, 0.3) is 0 Å². The van der Waals surface area contributed by atoms with Crippen LogP contribution in [-0.4, -0.2) is 114 Å². The zero-order valence-corrected chi connectivity index (χ0v) is 12.4. The number of aliphatic carboxylic acids is 2. The predicted octanol–water partition coefficient (Wildman–Crippen LogP) is -5.37. The second-order valence-corrected chi connectivity index (χ2v) is 5.24. The Kier molecular flexibility index (Phi) is 7.33. The van der Waals surface area contributed by atoms with Crippen LogP contribution in [0.4, 0.5) is 0 Å². The lowest BCUT2D eigenvalue weighted by Crippen LogP contribution is -2.62. The second-order valence-electron chi connectivity index (χ2n) is 5.24. The number of carboxylic acid groups (broad SMARTS) is 2. The molecule has 9 atom stereocenters. The van der Waals surface area contributed by atoms with Crippen molar-refractivity contribution in [1.82, 2.24) is 0 Å². The summed E-state index contributed by atoms with van der Waals surface area (Å²) in [7, 11) is 0. The Morgan fingerprint density at radius 3 is 2.00 bits per heavy atom. The number of aliphatic hydroxyl groups is 6. The molecule has 1 saturated heterocycles. The molecule has 13 nitrogen and oxygen atoms in total. The molecule has 1 aliphatic heterocycles. The van der Waals surface area contributed by atoms with Gasteiger partial charge >= 0.3 is 11.9 Å². The minimum atomic E-state index is -2.52. The van der Waals surface area contributed by atoms with Gasteiger partial charge in [-0.25, -0.2) is 9.59 Å². The summed E-state index contributed by atoms with van der Waals surface area (Å²) in [5.74, 6) is -3.70. The van der Waals surface area contributed by atoms with Crippen molar-refractivity contribution in [2.75, 3.05) is 0 Å². The molecule has 1 heterocycles. The smallest absolute Gasteiger partial charge is 0.335 e. The maximum absolute atomic E-state index is 11.0. The van der Waals surface area contributed by atoms with Gasteiger partial charge in [0, 0.05) is 0 Å². The number of hydrogen-bond acceptors (Lipinski definition) is 11. The Morgan fingerprint density at radius 2 is 1.56 bits per heavy atom. The van der Waals surface area contributed by atoms with E-state index in [1.54, 1.807) is 0 Å². The minimum Gasteiger partial charge on any atom is -0.479 e. The highest BCUT2D eigenvalue weighted by molar-refractivity contribution is 5.73. The highest BCUT2D eigenvalue weighted by Crippen LogP contribution is 2.25. The first kappa shape index (κ1) is 21.3. The predicted molar refractivity (Wildman–Crippen MR) is 70.9 cm³/mol. The van der Waals surface area contributed by atoms with Gasteiger partial charge in [0.15, 0.2) is 24.8 Å². The van der Waals surface area contributed by atoms with Gasteiger partial charge in [-0.05, 0) is 0 Å². The zero-order valence-electron chi connectivity index (χ0n) is 12.4. The molecule has 1 aliphatic rings. The van der Waals surface area contributed by atoms with E-state index in [0.717, 1.165) is 0 Å². The van der Waals surface area contributed by atoms with Crippen molar-refractivity contribution < 1.29 is 64.7 Å². The van der Waals surface area contributed by atoms with Gasteiger partial charge in [0.05, 0.1) is 0 Å². The van der Waals surface area contributed by atoms with E-state index >= 15 is 0 Å². The molecule has 0 radical (unpaired) electrons. The van der Waals surface area contributed by atoms with Gasteiger partial charge in [-0.2, -0.15) is 0 Å². The van der Waals surface area contributed by atoms with Crippen LogP contribution in [0.5, 0.6) is 0 Å². The lowest BCUT2D eigenvalue weighted by molar-refractivity contribution is -0.318. The minimum absolute atomic E-state index is 0.188. The maximum atomic E-state index is 11.0. The van der Waals surface area contributed by atoms with Crippen LogP contribution in [0, 0.1) is 0 Å². The quantitative estimate of drug-likeness (QED) is 0.187. The first-order valence-corrected chi connectivity index (χ1v) is 6.83. The summed E-state index contributed by atoms with van der Waals surface area (Å²) in [5, 5.41) is 75.1. The van der Waals surface area contributed by atoms with E-state index in [-0.39, 0.29) is 6.29 Å². The summed E-state index contributed by atoms with van der Waals surface area (Å²) < 4.78 is 9.50. The average molecular weight is 370 g/mol. The Bertz CT molecular complexity index is 495. The Hall–Kier alpha value is -1.71. The van der Waals surface area contributed by atoms with E-state index in [1.165, 1.54) is 0 Å². The third-order valence-electron chi connectivity index (χ3n) is 3.49. The van der Waals surface area contributed by atoms with Crippen molar-refractivity contribution in [3.05, 3.63) is 0 Å². The van der Waals surface area contributed by atoms with E-state index in [9.17, 15) is 45.0 Å². The van der Waals surface area contributed by atoms with Crippen LogP contribution in [0.25, 0.3) is 0 Å². The third kappa shape index (κ3) is 4.68. The molecule has 0 aromatic rings. The number of hydrogen-bond donors (Lipinski definition) is 8. The molecule has 8 N–H and O–H groups in total. The monoisotopic (exact) mass is 370 g/mol. The zero-order chi connectivity index (χ0) is 19.5. The van der Waals surface area contributed by atoms with Crippen LogP contribution in [0.3, 0.4) is 0 Å². The summed E-state index contributed by atoms with van der Waals surface area (Å²) >= 11 is 0. The summed E-state index contributed by atoms with van der Waals surface area (Å²) in [4.78, 5) is 32.3. The Morgan fingerprint density at radius 1 is 1.00 bits per heavy atom. The van der Waals surface area contributed by atoms with Crippen molar-refractivity contribution in [3.63, 3.8) is 0 Å². The van der Waals surface area contributed by atoms with Gasteiger partial charge < -0.3 is 55.1 Å². The SMILES string of the molecule is O=C[C@@H](O)[C@H](O)[C@@H](O[C@H]1O[C@@H](C(=O)O)[C@H](O)[C@@H](O)[C@@H]1O)[C@@H](O)C(=O)O.